The van der Waals surface area contributed by atoms with Gasteiger partial charge in [-0.25, -0.2) is 5.43 Å². The highest BCUT2D eigenvalue weighted by atomic mass is 16.5. The SMILES string of the molecule is Cc1ccc(-n2c(C)cc(/C=N\Nc3nc(N4CCOCC4)nc(N4CCOCC4)n3)c2C)cc1. The van der Waals surface area contributed by atoms with Crippen LogP contribution in [0.4, 0.5) is 17.8 Å². The number of rotatable bonds is 6. The number of hydrogen-bond acceptors (Lipinski definition) is 9. The van der Waals surface area contributed by atoms with E-state index in [0.717, 1.165) is 48.8 Å². The molecule has 0 atom stereocenters. The van der Waals surface area contributed by atoms with Gasteiger partial charge in [-0.2, -0.15) is 20.1 Å². The van der Waals surface area contributed by atoms with Crippen LogP contribution in [-0.2, 0) is 9.47 Å². The van der Waals surface area contributed by atoms with Crippen LogP contribution < -0.4 is 15.2 Å². The maximum Gasteiger partial charge on any atom is 0.250 e. The monoisotopic (exact) mass is 476 g/mol. The van der Waals surface area contributed by atoms with E-state index in [1.54, 1.807) is 0 Å². The number of morpholine rings is 2. The van der Waals surface area contributed by atoms with Crippen molar-refractivity contribution in [1.29, 1.82) is 0 Å². The first-order valence-electron chi connectivity index (χ1n) is 12.0. The molecule has 0 amide bonds. The fourth-order valence-corrected chi connectivity index (χ4v) is 4.38. The highest BCUT2D eigenvalue weighted by Crippen LogP contribution is 2.21. The Labute approximate surface area is 205 Å². The van der Waals surface area contributed by atoms with Crippen molar-refractivity contribution in [1.82, 2.24) is 19.5 Å². The van der Waals surface area contributed by atoms with Crippen molar-refractivity contribution < 1.29 is 9.47 Å². The lowest BCUT2D eigenvalue weighted by Gasteiger charge is -2.30. The van der Waals surface area contributed by atoms with E-state index in [1.807, 2.05) is 6.21 Å². The minimum Gasteiger partial charge on any atom is -0.378 e. The molecule has 1 N–H and O–H groups in total. The second-order valence-corrected chi connectivity index (χ2v) is 8.83. The molecular weight excluding hydrogens is 444 g/mol. The average molecular weight is 477 g/mol. The Bertz CT molecular complexity index is 1140. The Morgan fingerprint density at radius 3 is 1.97 bits per heavy atom. The van der Waals surface area contributed by atoms with Crippen LogP contribution in [0.5, 0.6) is 0 Å². The molecule has 184 valence electrons. The molecule has 0 radical (unpaired) electrons. The molecule has 10 heteroatoms. The second kappa shape index (κ2) is 10.4. The molecule has 5 rings (SSSR count). The maximum atomic E-state index is 5.49. The summed E-state index contributed by atoms with van der Waals surface area (Å²) in [4.78, 5) is 18.3. The van der Waals surface area contributed by atoms with Gasteiger partial charge in [0, 0.05) is 48.8 Å². The zero-order valence-corrected chi connectivity index (χ0v) is 20.6. The first kappa shape index (κ1) is 23.3. The van der Waals surface area contributed by atoms with Gasteiger partial charge in [0.25, 0.3) is 0 Å². The molecule has 4 heterocycles. The fourth-order valence-electron chi connectivity index (χ4n) is 4.38. The van der Waals surface area contributed by atoms with Crippen molar-refractivity contribution in [2.24, 2.45) is 5.10 Å². The summed E-state index contributed by atoms with van der Waals surface area (Å²) in [6.45, 7) is 12.0. The standard InChI is InChI=1S/C25H32N8O2/c1-18-4-6-22(7-5-18)33-19(2)16-21(20(33)3)17-26-30-23-27-24(31-8-12-34-13-9-31)29-25(28-23)32-10-14-35-15-11-32/h4-7,16-17H,8-15H2,1-3H3,(H,27,28,29,30)/b26-17-. The van der Waals surface area contributed by atoms with E-state index in [4.69, 9.17) is 14.5 Å². The lowest BCUT2D eigenvalue weighted by atomic mass is 10.2. The van der Waals surface area contributed by atoms with Gasteiger partial charge in [0.1, 0.15) is 0 Å². The van der Waals surface area contributed by atoms with E-state index in [9.17, 15) is 0 Å². The van der Waals surface area contributed by atoms with Crippen molar-refractivity contribution in [2.75, 3.05) is 67.8 Å². The number of aryl methyl sites for hydroxylation is 2. The predicted molar refractivity (Wildman–Crippen MR) is 137 cm³/mol. The van der Waals surface area contributed by atoms with Gasteiger partial charge in [-0.15, -0.1) is 0 Å². The van der Waals surface area contributed by atoms with Gasteiger partial charge < -0.3 is 23.8 Å². The number of nitrogens with one attached hydrogen (secondary N) is 1. The van der Waals surface area contributed by atoms with Gasteiger partial charge in [-0.1, -0.05) is 17.7 Å². The van der Waals surface area contributed by atoms with E-state index in [2.05, 4.69) is 86.0 Å². The lowest BCUT2D eigenvalue weighted by molar-refractivity contribution is 0.121. The van der Waals surface area contributed by atoms with Crippen molar-refractivity contribution in [3.05, 3.63) is 52.8 Å². The summed E-state index contributed by atoms with van der Waals surface area (Å²) in [6.07, 6.45) is 1.82. The molecule has 2 aromatic heterocycles. The van der Waals surface area contributed by atoms with Crippen molar-refractivity contribution >= 4 is 24.1 Å². The van der Waals surface area contributed by atoms with Crippen molar-refractivity contribution in [2.45, 2.75) is 20.8 Å². The summed E-state index contributed by atoms with van der Waals surface area (Å²) in [6, 6.07) is 10.7. The highest BCUT2D eigenvalue weighted by molar-refractivity contribution is 5.82. The zero-order chi connectivity index (χ0) is 24.2. The molecule has 2 saturated heterocycles. The molecule has 35 heavy (non-hydrogen) atoms. The third kappa shape index (κ3) is 5.28. The maximum absolute atomic E-state index is 5.49. The summed E-state index contributed by atoms with van der Waals surface area (Å²) >= 11 is 0. The average Bonchev–Trinajstić information content (AvgIpc) is 3.18. The van der Waals surface area contributed by atoms with Gasteiger partial charge in [-0.3, -0.25) is 0 Å². The molecule has 2 fully saturated rings. The van der Waals surface area contributed by atoms with Crippen molar-refractivity contribution in [3.63, 3.8) is 0 Å². The van der Waals surface area contributed by atoms with E-state index in [0.29, 0.717) is 44.3 Å². The van der Waals surface area contributed by atoms with Crippen molar-refractivity contribution in [3.8, 4) is 5.69 Å². The Morgan fingerprint density at radius 1 is 0.829 bits per heavy atom. The molecule has 2 aliphatic rings. The highest BCUT2D eigenvalue weighted by Gasteiger charge is 2.20. The Hall–Kier alpha value is -3.50. The first-order valence-corrected chi connectivity index (χ1v) is 12.0. The Balaban J connectivity index is 1.38. The zero-order valence-electron chi connectivity index (χ0n) is 20.6. The van der Waals surface area contributed by atoms with E-state index in [1.165, 1.54) is 5.56 Å². The minimum absolute atomic E-state index is 0.423. The van der Waals surface area contributed by atoms with Crippen LogP contribution in [-0.4, -0.2) is 78.3 Å². The van der Waals surface area contributed by atoms with Crippen LogP contribution in [0.3, 0.4) is 0 Å². The Morgan fingerprint density at radius 2 is 1.40 bits per heavy atom. The van der Waals surface area contributed by atoms with Crippen LogP contribution in [0.1, 0.15) is 22.5 Å². The Kier molecular flexibility index (Phi) is 6.91. The number of aromatic nitrogens is 4. The molecule has 0 aliphatic carbocycles. The molecule has 2 aliphatic heterocycles. The molecule has 0 saturated carbocycles. The molecule has 0 spiro atoms. The van der Waals surface area contributed by atoms with Crippen LogP contribution in [0.15, 0.2) is 35.4 Å². The molecule has 3 aromatic rings. The smallest absolute Gasteiger partial charge is 0.250 e. The molecule has 1 aromatic carbocycles. The van der Waals surface area contributed by atoms with Gasteiger partial charge in [0.15, 0.2) is 0 Å². The van der Waals surface area contributed by atoms with Crippen LogP contribution in [0, 0.1) is 20.8 Å². The number of hydrogen-bond donors (Lipinski definition) is 1. The van der Waals surface area contributed by atoms with E-state index >= 15 is 0 Å². The number of nitrogens with zero attached hydrogens (tertiary/aromatic N) is 7. The predicted octanol–water partition coefficient (Wildman–Crippen LogP) is 2.71. The van der Waals surface area contributed by atoms with Gasteiger partial charge in [0.2, 0.25) is 17.8 Å². The summed E-state index contributed by atoms with van der Waals surface area (Å²) in [5.41, 5.74) is 8.73. The molecule has 0 unspecified atom stereocenters. The van der Waals surface area contributed by atoms with Crippen LogP contribution in [0.2, 0.25) is 0 Å². The largest absolute Gasteiger partial charge is 0.378 e. The molecule has 0 bridgehead atoms. The van der Waals surface area contributed by atoms with Gasteiger partial charge >= 0.3 is 0 Å². The summed E-state index contributed by atoms with van der Waals surface area (Å²) in [7, 11) is 0. The number of ether oxygens (including phenoxy) is 2. The quantitative estimate of drug-likeness (QED) is 0.429. The van der Waals surface area contributed by atoms with Gasteiger partial charge in [-0.05, 0) is 39.0 Å². The van der Waals surface area contributed by atoms with Crippen LogP contribution >= 0.6 is 0 Å². The van der Waals surface area contributed by atoms with Gasteiger partial charge in [0.05, 0.1) is 32.6 Å². The number of benzene rings is 1. The third-order valence-electron chi connectivity index (χ3n) is 6.33. The molecular formula is C25H32N8O2. The second-order valence-electron chi connectivity index (χ2n) is 8.83. The minimum atomic E-state index is 0.423. The summed E-state index contributed by atoms with van der Waals surface area (Å²) < 4.78 is 13.2. The topological polar surface area (TPSA) is 92.9 Å². The van der Waals surface area contributed by atoms with E-state index in [-0.39, 0.29) is 0 Å². The third-order valence-corrected chi connectivity index (χ3v) is 6.33. The summed E-state index contributed by atoms with van der Waals surface area (Å²) in [5, 5.41) is 4.48. The number of hydrazone groups is 1. The first-order chi connectivity index (χ1) is 17.1. The normalized spacial score (nSPS) is 16.8. The molecule has 10 nitrogen and oxygen atoms in total. The number of anilines is 3. The lowest BCUT2D eigenvalue weighted by Crippen LogP contribution is -2.40. The summed E-state index contributed by atoms with van der Waals surface area (Å²) in [5.74, 6) is 1.70. The van der Waals surface area contributed by atoms with Crippen LogP contribution in [0.25, 0.3) is 5.69 Å². The fraction of sp³-hybridized carbons (Fsp3) is 0.440. The van der Waals surface area contributed by atoms with E-state index < -0.39 is 0 Å².